The Morgan fingerprint density at radius 2 is 1.85 bits per heavy atom. The second-order valence-corrected chi connectivity index (χ2v) is 5.96. The number of rotatable bonds is 6. The highest BCUT2D eigenvalue weighted by atomic mass is 35.5. The highest BCUT2D eigenvalue weighted by molar-refractivity contribution is 6.32. The minimum absolute atomic E-state index is 0.189. The van der Waals surface area contributed by atoms with Crippen molar-refractivity contribution in [1.82, 2.24) is 10.2 Å². The summed E-state index contributed by atoms with van der Waals surface area (Å²) in [5, 5.41) is 8.18. The van der Waals surface area contributed by atoms with Crippen molar-refractivity contribution >= 4 is 17.6 Å². The van der Waals surface area contributed by atoms with Crippen molar-refractivity contribution in [3.8, 4) is 23.0 Å². The summed E-state index contributed by atoms with van der Waals surface area (Å²) in [5.41, 5.74) is 0.994. The second-order valence-electron chi connectivity index (χ2n) is 5.55. The zero-order valence-electron chi connectivity index (χ0n) is 14.9. The fourth-order valence-electron chi connectivity index (χ4n) is 2.41. The molecular weight excluding hydrogens is 372 g/mol. The van der Waals surface area contributed by atoms with E-state index in [1.165, 1.54) is 26.4 Å². The number of methoxy groups -OCH3 is 2. The molecule has 8 heteroatoms. The van der Waals surface area contributed by atoms with Crippen LogP contribution in [0.15, 0.2) is 46.9 Å². The number of ether oxygens (including phenoxy) is 3. The van der Waals surface area contributed by atoms with E-state index in [9.17, 15) is 4.79 Å². The third kappa shape index (κ3) is 4.03. The van der Waals surface area contributed by atoms with Crippen molar-refractivity contribution in [2.24, 2.45) is 0 Å². The molecule has 0 aliphatic heterocycles. The van der Waals surface area contributed by atoms with Crippen LogP contribution in [-0.4, -0.2) is 30.4 Å². The maximum atomic E-state index is 12.5. The first-order valence-electron chi connectivity index (χ1n) is 8.04. The van der Waals surface area contributed by atoms with E-state index in [0.29, 0.717) is 17.4 Å². The Balaban J connectivity index is 1.77. The zero-order valence-corrected chi connectivity index (χ0v) is 15.7. The van der Waals surface area contributed by atoms with Crippen LogP contribution in [0.3, 0.4) is 0 Å². The first kappa shape index (κ1) is 18.7. The maximum absolute atomic E-state index is 12.5. The first-order valence-corrected chi connectivity index (χ1v) is 8.42. The number of benzene rings is 2. The fraction of sp³-hybridized carbons (Fsp3) is 0.211. The van der Waals surface area contributed by atoms with Gasteiger partial charge in [0.25, 0.3) is 5.89 Å². The molecule has 2 aromatic carbocycles. The van der Waals surface area contributed by atoms with Crippen molar-refractivity contribution in [1.29, 1.82) is 0 Å². The molecule has 7 nitrogen and oxygen atoms in total. The van der Waals surface area contributed by atoms with E-state index in [4.69, 9.17) is 30.2 Å². The van der Waals surface area contributed by atoms with Crippen LogP contribution >= 0.6 is 11.6 Å². The molecule has 3 rings (SSSR count). The highest BCUT2D eigenvalue weighted by Crippen LogP contribution is 2.36. The number of nitrogens with zero attached hydrogens (tertiary/aromatic N) is 2. The lowest BCUT2D eigenvalue weighted by atomic mass is 10.2. The number of aromatic nitrogens is 2. The van der Waals surface area contributed by atoms with Crippen molar-refractivity contribution in [2.45, 2.75) is 13.0 Å². The summed E-state index contributed by atoms with van der Waals surface area (Å²) in [6, 6.07) is 12.2. The van der Waals surface area contributed by atoms with Crippen LogP contribution in [0.25, 0.3) is 11.5 Å². The Kier molecular flexibility index (Phi) is 5.61. The summed E-state index contributed by atoms with van der Waals surface area (Å²) in [6.07, 6.45) is -0.741. The molecule has 0 radical (unpaired) electrons. The molecule has 0 bridgehead atoms. The van der Waals surface area contributed by atoms with E-state index in [0.717, 1.165) is 5.56 Å². The molecule has 0 aliphatic carbocycles. The monoisotopic (exact) mass is 388 g/mol. The number of carbonyl (C=O) groups is 1. The predicted molar refractivity (Wildman–Crippen MR) is 98.1 cm³/mol. The van der Waals surface area contributed by atoms with Gasteiger partial charge in [-0.3, -0.25) is 0 Å². The van der Waals surface area contributed by atoms with Crippen LogP contribution in [0.1, 0.15) is 29.3 Å². The third-order valence-corrected chi connectivity index (χ3v) is 4.04. The van der Waals surface area contributed by atoms with Gasteiger partial charge in [-0.1, -0.05) is 29.8 Å². The third-order valence-electron chi connectivity index (χ3n) is 3.76. The molecular formula is C19H17ClN2O5. The molecule has 0 amide bonds. The van der Waals surface area contributed by atoms with Crippen LogP contribution in [0.5, 0.6) is 11.5 Å². The maximum Gasteiger partial charge on any atom is 0.339 e. The number of hydrogen-bond acceptors (Lipinski definition) is 7. The summed E-state index contributed by atoms with van der Waals surface area (Å²) in [5.74, 6) is 0.600. The quantitative estimate of drug-likeness (QED) is 0.581. The van der Waals surface area contributed by atoms with Gasteiger partial charge in [0.1, 0.15) is 0 Å². The molecule has 140 valence electrons. The molecule has 1 atom stereocenters. The lowest BCUT2D eigenvalue weighted by Gasteiger charge is -2.13. The highest BCUT2D eigenvalue weighted by Gasteiger charge is 2.22. The topological polar surface area (TPSA) is 83.7 Å². The standard InChI is InChI=1S/C19H17ClN2O5/c1-11(17-21-22-18(27-17)12-7-5-4-6-8-12)26-19(23)13-9-14(20)16(25-3)15(10-13)24-2/h4-11H,1-3H3/t11-/m0/s1. The molecule has 0 N–H and O–H groups in total. The normalized spacial score (nSPS) is 11.7. The fourth-order valence-corrected chi connectivity index (χ4v) is 2.70. The van der Waals surface area contributed by atoms with Gasteiger partial charge < -0.3 is 18.6 Å². The van der Waals surface area contributed by atoms with Gasteiger partial charge in [0.15, 0.2) is 17.6 Å². The molecule has 27 heavy (non-hydrogen) atoms. The molecule has 0 saturated heterocycles. The van der Waals surface area contributed by atoms with E-state index in [1.807, 2.05) is 30.3 Å². The van der Waals surface area contributed by atoms with Crippen LogP contribution in [0.4, 0.5) is 0 Å². The molecule has 1 heterocycles. The van der Waals surface area contributed by atoms with Crippen LogP contribution in [-0.2, 0) is 4.74 Å². The lowest BCUT2D eigenvalue weighted by Crippen LogP contribution is -2.10. The SMILES string of the molecule is COc1cc(C(=O)O[C@@H](C)c2nnc(-c3ccccc3)o2)cc(Cl)c1OC. The zero-order chi connectivity index (χ0) is 19.4. The summed E-state index contributed by atoms with van der Waals surface area (Å²) in [7, 11) is 2.92. The van der Waals surface area contributed by atoms with Gasteiger partial charge in [-0.15, -0.1) is 10.2 Å². The van der Waals surface area contributed by atoms with Crippen LogP contribution in [0.2, 0.25) is 5.02 Å². The summed E-state index contributed by atoms with van der Waals surface area (Å²) in [4.78, 5) is 12.5. The molecule has 0 fully saturated rings. The van der Waals surface area contributed by atoms with Gasteiger partial charge in [-0.25, -0.2) is 4.79 Å². The molecule has 0 spiro atoms. The van der Waals surface area contributed by atoms with E-state index in [2.05, 4.69) is 10.2 Å². The molecule has 0 saturated carbocycles. The van der Waals surface area contributed by atoms with Crippen molar-refractivity contribution in [3.05, 3.63) is 58.9 Å². The van der Waals surface area contributed by atoms with Crippen LogP contribution < -0.4 is 9.47 Å². The predicted octanol–water partition coefficient (Wildman–Crippen LogP) is 4.33. The number of hydrogen-bond donors (Lipinski definition) is 0. The summed E-state index contributed by atoms with van der Waals surface area (Å²) >= 11 is 6.13. The first-order chi connectivity index (χ1) is 13.0. The molecule has 0 aliphatic rings. The van der Waals surface area contributed by atoms with Crippen molar-refractivity contribution < 1.29 is 23.4 Å². The van der Waals surface area contributed by atoms with Gasteiger partial charge in [0, 0.05) is 5.56 Å². The van der Waals surface area contributed by atoms with E-state index >= 15 is 0 Å². The molecule has 1 aromatic heterocycles. The second kappa shape index (κ2) is 8.09. The molecule has 3 aromatic rings. The van der Waals surface area contributed by atoms with Crippen LogP contribution in [0, 0.1) is 0 Å². The average Bonchev–Trinajstić information content (AvgIpc) is 3.18. The average molecular weight is 389 g/mol. The lowest BCUT2D eigenvalue weighted by molar-refractivity contribution is 0.0279. The van der Waals surface area contributed by atoms with Crippen molar-refractivity contribution in [2.75, 3.05) is 14.2 Å². The van der Waals surface area contributed by atoms with Gasteiger partial charge >= 0.3 is 5.97 Å². The molecule has 0 unspecified atom stereocenters. The Morgan fingerprint density at radius 3 is 2.52 bits per heavy atom. The Labute approximate surface area is 160 Å². The van der Waals surface area contributed by atoms with E-state index in [1.54, 1.807) is 6.92 Å². The van der Waals surface area contributed by atoms with E-state index < -0.39 is 12.1 Å². The Bertz CT molecular complexity index is 943. The van der Waals surface area contributed by atoms with E-state index in [-0.39, 0.29) is 16.5 Å². The summed E-state index contributed by atoms with van der Waals surface area (Å²) in [6.45, 7) is 1.64. The number of esters is 1. The Morgan fingerprint density at radius 1 is 1.11 bits per heavy atom. The van der Waals surface area contributed by atoms with Crippen molar-refractivity contribution in [3.63, 3.8) is 0 Å². The van der Waals surface area contributed by atoms with Gasteiger partial charge in [-0.05, 0) is 31.2 Å². The smallest absolute Gasteiger partial charge is 0.339 e. The van der Waals surface area contributed by atoms with Gasteiger partial charge in [0.2, 0.25) is 5.89 Å². The minimum atomic E-state index is -0.741. The van der Waals surface area contributed by atoms with Gasteiger partial charge in [-0.2, -0.15) is 0 Å². The minimum Gasteiger partial charge on any atom is -0.493 e. The Hall–Kier alpha value is -3.06. The number of carbonyl (C=O) groups excluding carboxylic acids is 1. The van der Waals surface area contributed by atoms with Gasteiger partial charge in [0.05, 0.1) is 24.8 Å². The number of halogens is 1. The largest absolute Gasteiger partial charge is 0.493 e. The summed E-state index contributed by atoms with van der Waals surface area (Å²) < 4.78 is 21.4.